The van der Waals surface area contributed by atoms with Gasteiger partial charge in [-0.05, 0) is 30.4 Å². The number of pyridine rings is 1. The lowest BCUT2D eigenvalue weighted by molar-refractivity contribution is 0.0620. The fraction of sp³-hybridized carbons (Fsp3) is 0.615. The van der Waals surface area contributed by atoms with Crippen LogP contribution in [0.4, 0.5) is 0 Å². The predicted octanol–water partition coefficient (Wildman–Crippen LogP) is 1.87. The van der Waals surface area contributed by atoms with E-state index in [0.29, 0.717) is 31.6 Å². The molecule has 1 fully saturated rings. The van der Waals surface area contributed by atoms with Crippen molar-refractivity contribution in [1.82, 2.24) is 9.29 Å². The molecule has 0 aliphatic carbocycles. The summed E-state index contributed by atoms with van der Waals surface area (Å²) in [5.74, 6) is 0.677. The Kier molecular flexibility index (Phi) is 5.37. The van der Waals surface area contributed by atoms with Crippen LogP contribution >= 0.6 is 11.6 Å². The van der Waals surface area contributed by atoms with Crippen molar-refractivity contribution in [3.8, 4) is 0 Å². The lowest BCUT2D eigenvalue weighted by Crippen LogP contribution is -2.34. The highest BCUT2D eigenvalue weighted by atomic mass is 35.5. The standard InChI is InChI=1S/C13H19ClN2O3S/c1-16(10-11-4-6-19-7-5-11)20(17,18)13-3-2-12(8-14)9-15-13/h2-3,9,11H,4-8,10H2,1H3. The maximum absolute atomic E-state index is 12.4. The van der Waals surface area contributed by atoms with Gasteiger partial charge in [-0.25, -0.2) is 13.4 Å². The topological polar surface area (TPSA) is 59.5 Å². The van der Waals surface area contributed by atoms with Gasteiger partial charge in [0.1, 0.15) is 0 Å². The van der Waals surface area contributed by atoms with Gasteiger partial charge in [-0.3, -0.25) is 0 Å². The summed E-state index contributed by atoms with van der Waals surface area (Å²) in [6.07, 6.45) is 3.30. The first-order valence-electron chi connectivity index (χ1n) is 6.59. The van der Waals surface area contributed by atoms with Crippen LogP contribution in [0.15, 0.2) is 23.4 Å². The quantitative estimate of drug-likeness (QED) is 0.778. The van der Waals surface area contributed by atoms with Gasteiger partial charge in [-0.1, -0.05) is 6.07 Å². The molecule has 0 N–H and O–H groups in total. The minimum atomic E-state index is -3.53. The van der Waals surface area contributed by atoms with Gasteiger partial charge in [-0.2, -0.15) is 4.31 Å². The number of halogens is 1. The van der Waals surface area contributed by atoms with Gasteiger partial charge in [0, 0.05) is 38.9 Å². The molecular weight excluding hydrogens is 300 g/mol. The fourth-order valence-electron chi connectivity index (χ4n) is 2.19. The average molecular weight is 319 g/mol. The van der Waals surface area contributed by atoms with E-state index in [4.69, 9.17) is 16.3 Å². The molecule has 0 spiro atoms. The van der Waals surface area contributed by atoms with Crippen LogP contribution in [-0.2, 0) is 20.6 Å². The largest absolute Gasteiger partial charge is 0.381 e. The number of hydrogen-bond acceptors (Lipinski definition) is 4. The minimum Gasteiger partial charge on any atom is -0.381 e. The average Bonchev–Trinajstić information content (AvgIpc) is 2.48. The van der Waals surface area contributed by atoms with Crippen LogP contribution in [-0.4, -0.2) is 44.5 Å². The number of rotatable bonds is 5. The fourth-order valence-corrected chi connectivity index (χ4v) is 3.50. The molecule has 0 atom stereocenters. The number of aromatic nitrogens is 1. The normalized spacial score (nSPS) is 17.6. The van der Waals surface area contributed by atoms with Crippen LogP contribution in [0.3, 0.4) is 0 Å². The molecule has 1 saturated heterocycles. The second-order valence-corrected chi connectivity index (χ2v) is 7.24. The van der Waals surface area contributed by atoms with Gasteiger partial charge >= 0.3 is 0 Å². The van der Waals surface area contributed by atoms with Crippen LogP contribution in [0.1, 0.15) is 18.4 Å². The van der Waals surface area contributed by atoms with Gasteiger partial charge in [0.05, 0.1) is 0 Å². The molecule has 0 radical (unpaired) electrons. The Morgan fingerprint density at radius 3 is 2.65 bits per heavy atom. The third kappa shape index (κ3) is 3.69. The Balaban J connectivity index is 2.07. The highest BCUT2D eigenvalue weighted by molar-refractivity contribution is 7.89. The monoisotopic (exact) mass is 318 g/mol. The lowest BCUT2D eigenvalue weighted by atomic mass is 10.0. The Morgan fingerprint density at radius 1 is 1.40 bits per heavy atom. The van der Waals surface area contributed by atoms with Crippen molar-refractivity contribution in [3.63, 3.8) is 0 Å². The third-order valence-electron chi connectivity index (χ3n) is 3.48. The van der Waals surface area contributed by atoms with Gasteiger partial charge in [0.15, 0.2) is 5.03 Å². The van der Waals surface area contributed by atoms with Crippen LogP contribution in [0.2, 0.25) is 0 Å². The first-order valence-corrected chi connectivity index (χ1v) is 8.56. The van der Waals surface area contributed by atoms with E-state index in [2.05, 4.69) is 4.98 Å². The van der Waals surface area contributed by atoms with E-state index in [9.17, 15) is 8.42 Å². The molecule has 0 amide bonds. The molecule has 112 valence electrons. The van der Waals surface area contributed by atoms with Gasteiger partial charge < -0.3 is 4.74 Å². The van der Waals surface area contributed by atoms with Crippen molar-refractivity contribution in [1.29, 1.82) is 0 Å². The van der Waals surface area contributed by atoms with E-state index in [1.165, 1.54) is 16.6 Å². The number of alkyl halides is 1. The van der Waals surface area contributed by atoms with E-state index in [0.717, 1.165) is 18.4 Å². The Bertz CT molecular complexity index is 527. The molecule has 20 heavy (non-hydrogen) atoms. The maximum atomic E-state index is 12.4. The van der Waals surface area contributed by atoms with Crippen LogP contribution in [0.5, 0.6) is 0 Å². The molecule has 5 nitrogen and oxygen atoms in total. The molecule has 1 aliphatic rings. The molecule has 2 rings (SSSR count). The Labute approximate surface area is 125 Å². The Morgan fingerprint density at radius 2 is 2.10 bits per heavy atom. The molecule has 1 aliphatic heterocycles. The van der Waals surface area contributed by atoms with E-state index in [-0.39, 0.29) is 5.03 Å². The molecule has 1 aromatic heterocycles. The van der Waals surface area contributed by atoms with Gasteiger partial charge in [-0.15, -0.1) is 11.6 Å². The highest BCUT2D eigenvalue weighted by Gasteiger charge is 2.25. The van der Waals surface area contributed by atoms with E-state index >= 15 is 0 Å². The van der Waals surface area contributed by atoms with Crippen molar-refractivity contribution < 1.29 is 13.2 Å². The number of sulfonamides is 1. The third-order valence-corrected chi connectivity index (χ3v) is 5.53. The minimum absolute atomic E-state index is 0.0703. The zero-order valence-corrected chi connectivity index (χ0v) is 13.0. The number of hydrogen-bond donors (Lipinski definition) is 0. The first-order chi connectivity index (χ1) is 9.54. The summed E-state index contributed by atoms with van der Waals surface area (Å²) in [6, 6.07) is 3.20. The van der Waals surface area contributed by atoms with Gasteiger partial charge in [0.2, 0.25) is 0 Å². The van der Waals surface area contributed by atoms with Crippen molar-refractivity contribution >= 4 is 21.6 Å². The zero-order chi connectivity index (χ0) is 14.6. The first kappa shape index (κ1) is 15.7. The van der Waals surface area contributed by atoms with E-state index in [1.807, 2.05) is 0 Å². The smallest absolute Gasteiger partial charge is 0.260 e. The molecule has 0 bridgehead atoms. The summed E-state index contributed by atoms with van der Waals surface area (Å²) in [5.41, 5.74) is 0.803. The zero-order valence-electron chi connectivity index (χ0n) is 11.5. The molecule has 1 aromatic rings. The molecule has 0 saturated carbocycles. The summed E-state index contributed by atoms with van der Waals surface area (Å²) in [6.45, 7) is 1.92. The highest BCUT2D eigenvalue weighted by Crippen LogP contribution is 2.19. The molecular formula is C13H19ClN2O3S. The molecule has 7 heteroatoms. The summed E-state index contributed by atoms with van der Waals surface area (Å²) in [5, 5.41) is 0.0703. The molecule has 2 heterocycles. The van der Waals surface area contributed by atoms with Crippen molar-refractivity contribution in [3.05, 3.63) is 23.9 Å². The Hall–Kier alpha value is -0.690. The SMILES string of the molecule is CN(CC1CCOCC1)S(=O)(=O)c1ccc(CCl)cn1. The molecule has 0 unspecified atom stereocenters. The lowest BCUT2D eigenvalue weighted by Gasteiger charge is -2.26. The van der Waals surface area contributed by atoms with Crippen LogP contribution in [0.25, 0.3) is 0 Å². The maximum Gasteiger partial charge on any atom is 0.260 e. The van der Waals surface area contributed by atoms with Crippen molar-refractivity contribution in [2.24, 2.45) is 5.92 Å². The second-order valence-electron chi connectivity index (χ2n) is 4.98. The summed E-state index contributed by atoms with van der Waals surface area (Å²) in [7, 11) is -1.93. The number of ether oxygens (including phenoxy) is 1. The predicted molar refractivity (Wildman–Crippen MR) is 77.2 cm³/mol. The number of nitrogens with zero attached hydrogens (tertiary/aromatic N) is 2. The van der Waals surface area contributed by atoms with Crippen molar-refractivity contribution in [2.75, 3.05) is 26.8 Å². The summed E-state index contributed by atoms with van der Waals surface area (Å²) >= 11 is 5.67. The van der Waals surface area contributed by atoms with Gasteiger partial charge in [0.25, 0.3) is 10.0 Å². The van der Waals surface area contributed by atoms with E-state index in [1.54, 1.807) is 13.1 Å². The van der Waals surface area contributed by atoms with Crippen molar-refractivity contribution in [2.45, 2.75) is 23.7 Å². The summed E-state index contributed by atoms with van der Waals surface area (Å²) in [4.78, 5) is 4.00. The van der Waals surface area contributed by atoms with Crippen LogP contribution < -0.4 is 0 Å². The molecule has 0 aromatic carbocycles. The van der Waals surface area contributed by atoms with E-state index < -0.39 is 10.0 Å². The second kappa shape index (κ2) is 6.85. The summed E-state index contributed by atoms with van der Waals surface area (Å²) < 4.78 is 31.5. The van der Waals surface area contributed by atoms with Crippen LogP contribution in [0, 0.1) is 5.92 Å².